The Labute approximate surface area is 166 Å². The second-order valence-corrected chi connectivity index (χ2v) is 6.73. The Morgan fingerprint density at radius 1 is 1.03 bits per heavy atom. The number of carbonyl (C=O) groups is 4. The van der Waals surface area contributed by atoms with Gasteiger partial charge < -0.3 is 10.1 Å². The first-order valence-corrected chi connectivity index (χ1v) is 8.94. The van der Waals surface area contributed by atoms with E-state index in [1.807, 2.05) is 6.92 Å². The number of anilines is 1. The Balaban J connectivity index is 1.48. The zero-order valence-corrected chi connectivity index (χ0v) is 16.0. The van der Waals surface area contributed by atoms with Crippen molar-refractivity contribution in [3.05, 3.63) is 64.5 Å². The summed E-state index contributed by atoms with van der Waals surface area (Å²) in [5.74, 6) is -2.74. The van der Waals surface area contributed by atoms with E-state index < -0.39 is 36.1 Å². The number of nitrogens with one attached hydrogen (secondary N) is 1. The molecule has 3 rings (SSSR count). The maximum atomic E-state index is 13.5. The lowest BCUT2D eigenvalue weighted by Gasteiger charge is -2.13. The van der Waals surface area contributed by atoms with Gasteiger partial charge >= 0.3 is 5.97 Å². The van der Waals surface area contributed by atoms with Crippen LogP contribution in [0, 0.1) is 19.7 Å². The molecule has 0 atom stereocenters. The van der Waals surface area contributed by atoms with E-state index in [0.717, 1.165) is 10.5 Å². The summed E-state index contributed by atoms with van der Waals surface area (Å²) >= 11 is 0. The van der Waals surface area contributed by atoms with Gasteiger partial charge in [0, 0.05) is 12.2 Å². The van der Waals surface area contributed by atoms with Crippen LogP contribution in [0.2, 0.25) is 0 Å². The van der Waals surface area contributed by atoms with Gasteiger partial charge in [-0.05, 0) is 43.7 Å². The molecule has 1 N–H and O–H groups in total. The lowest BCUT2D eigenvalue weighted by molar-refractivity contribution is -0.147. The third kappa shape index (κ3) is 4.48. The van der Waals surface area contributed by atoms with Crippen LogP contribution in [-0.2, 0) is 14.3 Å². The van der Waals surface area contributed by atoms with E-state index in [9.17, 15) is 23.6 Å². The zero-order chi connectivity index (χ0) is 21.1. The van der Waals surface area contributed by atoms with Crippen LogP contribution in [0.5, 0.6) is 0 Å². The van der Waals surface area contributed by atoms with Crippen molar-refractivity contribution in [2.75, 3.05) is 18.5 Å². The highest BCUT2D eigenvalue weighted by molar-refractivity contribution is 6.21. The minimum Gasteiger partial charge on any atom is -0.456 e. The van der Waals surface area contributed by atoms with Gasteiger partial charge in [-0.2, -0.15) is 0 Å². The van der Waals surface area contributed by atoms with Crippen LogP contribution in [0.4, 0.5) is 10.1 Å². The van der Waals surface area contributed by atoms with E-state index in [1.54, 1.807) is 25.1 Å². The number of rotatable bonds is 6. The maximum Gasteiger partial charge on any atom is 0.308 e. The van der Waals surface area contributed by atoms with Crippen LogP contribution in [0.15, 0.2) is 36.4 Å². The molecule has 0 aliphatic carbocycles. The minimum atomic E-state index is -0.733. The summed E-state index contributed by atoms with van der Waals surface area (Å²) in [6.45, 7) is 2.71. The highest BCUT2D eigenvalue weighted by Crippen LogP contribution is 2.24. The van der Waals surface area contributed by atoms with Gasteiger partial charge in [0.1, 0.15) is 5.82 Å². The Kier molecular flexibility index (Phi) is 5.72. The van der Waals surface area contributed by atoms with Gasteiger partial charge in [-0.3, -0.25) is 24.1 Å². The number of nitrogens with zero attached hydrogens (tertiary/aromatic N) is 1. The highest BCUT2D eigenvalue weighted by Gasteiger charge is 2.35. The molecule has 150 valence electrons. The first-order chi connectivity index (χ1) is 13.8. The summed E-state index contributed by atoms with van der Waals surface area (Å²) in [6.07, 6.45) is -0.239. The van der Waals surface area contributed by atoms with Gasteiger partial charge in [0.05, 0.1) is 17.5 Å². The Morgan fingerprint density at radius 2 is 1.76 bits per heavy atom. The van der Waals surface area contributed by atoms with Crippen LogP contribution in [0.25, 0.3) is 0 Å². The van der Waals surface area contributed by atoms with Crippen molar-refractivity contribution < 1.29 is 28.3 Å². The smallest absolute Gasteiger partial charge is 0.308 e. The summed E-state index contributed by atoms with van der Waals surface area (Å²) in [5, 5.41) is 2.42. The van der Waals surface area contributed by atoms with Crippen molar-refractivity contribution in [3.8, 4) is 0 Å². The second-order valence-electron chi connectivity index (χ2n) is 6.73. The predicted octanol–water partition coefficient (Wildman–Crippen LogP) is 2.61. The van der Waals surface area contributed by atoms with E-state index in [2.05, 4.69) is 5.32 Å². The monoisotopic (exact) mass is 398 g/mol. The molecule has 0 fully saturated rings. The maximum absolute atomic E-state index is 13.5. The van der Waals surface area contributed by atoms with Crippen LogP contribution < -0.4 is 5.32 Å². The van der Waals surface area contributed by atoms with Gasteiger partial charge in [0.15, 0.2) is 6.61 Å². The molecule has 1 aliphatic heterocycles. The van der Waals surface area contributed by atoms with Crippen molar-refractivity contribution in [2.45, 2.75) is 20.3 Å². The van der Waals surface area contributed by atoms with E-state index in [-0.39, 0.29) is 18.7 Å². The fraction of sp³-hybridized carbons (Fsp3) is 0.238. The van der Waals surface area contributed by atoms with Crippen LogP contribution >= 0.6 is 0 Å². The number of halogens is 1. The molecule has 0 unspecified atom stereocenters. The number of esters is 1. The summed E-state index contributed by atoms with van der Waals surface area (Å²) in [4.78, 5) is 49.4. The number of aryl methyl sites for hydroxylation is 2. The van der Waals surface area contributed by atoms with Crippen molar-refractivity contribution in [1.29, 1.82) is 0 Å². The molecule has 0 spiro atoms. The molecular formula is C21H19FN2O5. The van der Waals surface area contributed by atoms with Gasteiger partial charge in [0.2, 0.25) is 0 Å². The molecule has 7 nitrogen and oxygen atoms in total. The van der Waals surface area contributed by atoms with Crippen molar-refractivity contribution in [3.63, 3.8) is 0 Å². The number of benzene rings is 2. The summed E-state index contributed by atoms with van der Waals surface area (Å²) in [6, 6.07) is 9.16. The topological polar surface area (TPSA) is 92.8 Å². The molecule has 1 aliphatic rings. The first kappa shape index (κ1) is 20.2. The summed E-state index contributed by atoms with van der Waals surface area (Å²) in [7, 11) is 0. The van der Waals surface area contributed by atoms with E-state index in [4.69, 9.17) is 4.74 Å². The fourth-order valence-corrected chi connectivity index (χ4v) is 2.90. The quantitative estimate of drug-likeness (QED) is 0.596. The van der Waals surface area contributed by atoms with Crippen LogP contribution in [0.3, 0.4) is 0 Å². The molecule has 2 aromatic carbocycles. The molecule has 0 saturated heterocycles. The average Bonchev–Trinajstić information content (AvgIpc) is 2.91. The van der Waals surface area contributed by atoms with E-state index in [1.165, 1.54) is 18.2 Å². The van der Waals surface area contributed by atoms with Crippen molar-refractivity contribution in [2.24, 2.45) is 0 Å². The molecule has 3 amide bonds. The lowest BCUT2D eigenvalue weighted by Crippen LogP contribution is -2.32. The fourth-order valence-electron chi connectivity index (χ4n) is 2.90. The Morgan fingerprint density at radius 3 is 2.48 bits per heavy atom. The molecule has 0 bridgehead atoms. The Hall–Kier alpha value is -3.55. The standard InChI is InChI=1S/C21H19FN2O5/c1-12-3-6-15-16(9-12)21(28)24(20(15)27)8-7-19(26)29-11-18(25)23-14-5-4-13(2)17(22)10-14/h3-6,9-10H,7-8,11H2,1-2H3,(H,23,25). The van der Waals surface area contributed by atoms with Crippen molar-refractivity contribution in [1.82, 2.24) is 4.90 Å². The summed E-state index contributed by atoms with van der Waals surface area (Å²) in [5.41, 5.74) is 2.16. The number of carbonyl (C=O) groups excluding carboxylic acids is 4. The minimum absolute atomic E-state index is 0.144. The molecule has 29 heavy (non-hydrogen) atoms. The number of hydrogen-bond acceptors (Lipinski definition) is 5. The largest absolute Gasteiger partial charge is 0.456 e. The Bertz CT molecular complexity index is 1020. The third-order valence-corrected chi connectivity index (χ3v) is 4.49. The molecule has 8 heteroatoms. The third-order valence-electron chi connectivity index (χ3n) is 4.49. The van der Waals surface area contributed by atoms with Gasteiger partial charge in [-0.1, -0.05) is 17.7 Å². The lowest BCUT2D eigenvalue weighted by atomic mass is 10.1. The highest BCUT2D eigenvalue weighted by atomic mass is 19.1. The predicted molar refractivity (Wildman–Crippen MR) is 102 cm³/mol. The van der Waals surface area contributed by atoms with Crippen LogP contribution in [-0.4, -0.2) is 41.7 Å². The molecule has 2 aromatic rings. The molecule has 0 aromatic heterocycles. The molecular weight excluding hydrogens is 379 g/mol. The van der Waals surface area contributed by atoms with Crippen LogP contribution in [0.1, 0.15) is 38.3 Å². The summed E-state index contributed by atoms with van der Waals surface area (Å²) < 4.78 is 18.3. The number of ether oxygens (including phenoxy) is 1. The van der Waals surface area contributed by atoms with Gasteiger partial charge in [-0.15, -0.1) is 0 Å². The van der Waals surface area contributed by atoms with Crippen molar-refractivity contribution >= 4 is 29.4 Å². The number of fused-ring (bicyclic) bond motifs is 1. The number of hydrogen-bond donors (Lipinski definition) is 1. The molecule has 0 saturated carbocycles. The van der Waals surface area contributed by atoms with Gasteiger partial charge in [-0.25, -0.2) is 4.39 Å². The van der Waals surface area contributed by atoms with E-state index >= 15 is 0 Å². The zero-order valence-electron chi connectivity index (χ0n) is 16.0. The second kappa shape index (κ2) is 8.22. The SMILES string of the molecule is Cc1ccc2c(c1)C(=O)N(CCC(=O)OCC(=O)Nc1ccc(C)c(F)c1)C2=O. The number of imide groups is 1. The first-order valence-electron chi connectivity index (χ1n) is 8.94. The van der Waals surface area contributed by atoms with Gasteiger partial charge in [0.25, 0.3) is 17.7 Å². The molecule has 1 heterocycles. The average molecular weight is 398 g/mol. The normalized spacial score (nSPS) is 12.7. The van der Waals surface area contributed by atoms with E-state index in [0.29, 0.717) is 16.7 Å². The number of amides is 3. The molecule has 0 radical (unpaired) electrons.